The Balaban J connectivity index is 1.43. The van der Waals surface area contributed by atoms with Gasteiger partial charge in [0.25, 0.3) is 5.91 Å². The number of carbonyl (C=O) groups is 2. The number of aromatic nitrogens is 1. The monoisotopic (exact) mass is 439 g/mol. The Kier molecular flexibility index (Phi) is 5.91. The third kappa shape index (κ3) is 4.42. The van der Waals surface area contributed by atoms with Gasteiger partial charge in [0.05, 0.1) is 23.6 Å². The van der Waals surface area contributed by atoms with Gasteiger partial charge in [-0.05, 0) is 36.6 Å². The van der Waals surface area contributed by atoms with Crippen LogP contribution in [0.1, 0.15) is 20.4 Å². The molecule has 3 aromatic rings. The van der Waals surface area contributed by atoms with Gasteiger partial charge in [-0.1, -0.05) is 18.2 Å². The smallest absolute Gasteiger partial charge is 0.322 e. The summed E-state index contributed by atoms with van der Waals surface area (Å²) in [6.07, 6.45) is 2.61. The first kappa shape index (κ1) is 20.2. The van der Waals surface area contributed by atoms with Gasteiger partial charge in [0, 0.05) is 28.4 Å². The second kappa shape index (κ2) is 8.76. The van der Waals surface area contributed by atoms with Gasteiger partial charge in [0.15, 0.2) is 5.01 Å². The van der Waals surface area contributed by atoms with Gasteiger partial charge in [-0.3, -0.25) is 4.79 Å². The Bertz CT molecular complexity index is 1100. The van der Waals surface area contributed by atoms with Crippen LogP contribution in [0, 0.1) is 0 Å². The molecule has 0 atom stereocenters. The maximum atomic E-state index is 12.7. The number of carbonyl (C=O) groups excluding carboxylic acids is 2. The van der Waals surface area contributed by atoms with Crippen LogP contribution >= 0.6 is 23.1 Å². The average molecular weight is 440 g/mol. The third-order valence-electron chi connectivity index (χ3n) is 4.74. The molecule has 0 bridgehead atoms. The van der Waals surface area contributed by atoms with Crippen LogP contribution in [-0.4, -0.2) is 34.6 Å². The van der Waals surface area contributed by atoms with E-state index in [1.807, 2.05) is 42.7 Å². The van der Waals surface area contributed by atoms with Crippen LogP contribution in [0.4, 0.5) is 21.9 Å². The highest BCUT2D eigenvalue weighted by molar-refractivity contribution is 7.98. The fourth-order valence-electron chi connectivity index (χ4n) is 3.16. The van der Waals surface area contributed by atoms with E-state index in [0.717, 1.165) is 21.2 Å². The summed E-state index contributed by atoms with van der Waals surface area (Å²) >= 11 is 2.94. The number of amides is 3. The zero-order chi connectivity index (χ0) is 21.1. The number of nitrogen functional groups attached to an aromatic ring is 1. The summed E-state index contributed by atoms with van der Waals surface area (Å²) in [5, 5.41) is 6.13. The predicted octanol–water partition coefficient (Wildman–Crippen LogP) is 4.29. The molecule has 2 aromatic carbocycles. The summed E-state index contributed by atoms with van der Waals surface area (Å²) < 4.78 is 0. The van der Waals surface area contributed by atoms with Crippen LogP contribution in [0.2, 0.25) is 0 Å². The number of hydrogen-bond donors (Lipinski definition) is 3. The van der Waals surface area contributed by atoms with E-state index >= 15 is 0 Å². The Hall–Kier alpha value is -3.04. The lowest BCUT2D eigenvalue weighted by molar-refractivity contribution is 0.102. The lowest BCUT2D eigenvalue weighted by atomic mass is 10.2. The molecule has 1 aromatic heterocycles. The molecule has 7 nitrogen and oxygen atoms in total. The Morgan fingerprint density at radius 3 is 2.80 bits per heavy atom. The highest BCUT2D eigenvalue weighted by atomic mass is 32.2. The van der Waals surface area contributed by atoms with E-state index < -0.39 is 0 Å². The van der Waals surface area contributed by atoms with Crippen LogP contribution < -0.4 is 16.4 Å². The second-order valence-corrected chi connectivity index (χ2v) is 8.73. The van der Waals surface area contributed by atoms with Crippen LogP contribution in [0.25, 0.3) is 0 Å². The highest BCUT2D eigenvalue weighted by Gasteiger charge is 2.26. The number of urea groups is 1. The van der Waals surface area contributed by atoms with E-state index in [-0.39, 0.29) is 11.9 Å². The van der Waals surface area contributed by atoms with Gasteiger partial charge in [-0.25, -0.2) is 9.78 Å². The molecule has 0 fully saturated rings. The Morgan fingerprint density at radius 2 is 2.00 bits per heavy atom. The zero-order valence-corrected chi connectivity index (χ0v) is 18.0. The molecule has 3 amide bonds. The van der Waals surface area contributed by atoms with Crippen LogP contribution in [0.15, 0.2) is 53.4 Å². The molecule has 4 rings (SSSR count). The molecule has 9 heteroatoms. The maximum absolute atomic E-state index is 12.7. The largest absolute Gasteiger partial charge is 0.397 e. The summed E-state index contributed by atoms with van der Waals surface area (Å²) in [5.41, 5.74) is 8.59. The number of nitrogens with two attached hydrogens (primary N) is 1. The Morgan fingerprint density at radius 1 is 1.17 bits per heavy atom. The minimum Gasteiger partial charge on any atom is -0.397 e. The predicted molar refractivity (Wildman–Crippen MR) is 122 cm³/mol. The minimum atomic E-state index is -0.294. The van der Waals surface area contributed by atoms with Crippen LogP contribution in [0.5, 0.6) is 0 Å². The van der Waals surface area contributed by atoms with Crippen molar-refractivity contribution in [2.24, 2.45) is 0 Å². The standard InChI is InChI=1S/C21H21N5O2S2/c1-29-14-6-4-5-13(11-14)23-21(28)26-10-9-17-18(12-26)30-20(25-17)19(27)24-16-8-3-2-7-15(16)22/h2-8,11H,9-10,12,22H2,1H3,(H,23,28)(H,24,27). The number of rotatable bonds is 4. The molecule has 1 aliphatic rings. The summed E-state index contributed by atoms with van der Waals surface area (Å²) in [7, 11) is 0. The van der Waals surface area contributed by atoms with Gasteiger partial charge >= 0.3 is 6.03 Å². The molecule has 30 heavy (non-hydrogen) atoms. The number of nitrogens with zero attached hydrogens (tertiary/aromatic N) is 2. The van der Waals surface area contributed by atoms with E-state index in [0.29, 0.717) is 35.9 Å². The van der Waals surface area contributed by atoms with Crippen molar-refractivity contribution in [1.82, 2.24) is 9.88 Å². The van der Waals surface area contributed by atoms with Gasteiger partial charge in [0.2, 0.25) is 0 Å². The molecule has 0 unspecified atom stereocenters. The number of thiazole rings is 1. The van der Waals surface area contributed by atoms with Crippen molar-refractivity contribution >= 4 is 52.1 Å². The van der Waals surface area contributed by atoms with Crippen molar-refractivity contribution in [2.75, 3.05) is 29.2 Å². The quantitative estimate of drug-likeness (QED) is 0.416. The molecule has 2 heterocycles. The molecule has 1 aliphatic heterocycles. The van der Waals surface area contributed by atoms with E-state index in [9.17, 15) is 9.59 Å². The number of benzene rings is 2. The van der Waals surface area contributed by atoms with Crippen LogP contribution in [0.3, 0.4) is 0 Å². The first-order valence-electron chi connectivity index (χ1n) is 9.38. The number of nitrogens with one attached hydrogen (secondary N) is 2. The topological polar surface area (TPSA) is 100 Å². The van der Waals surface area contributed by atoms with Gasteiger partial charge in [0.1, 0.15) is 0 Å². The lowest BCUT2D eigenvalue weighted by Gasteiger charge is -2.26. The van der Waals surface area contributed by atoms with E-state index in [1.165, 1.54) is 11.3 Å². The normalized spacial score (nSPS) is 12.9. The first-order valence-corrected chi connectivity index (χ1v) is 11.4. The Labute approximate surface area is 182 Å². The fourth-order valence-corrected chi connectivity index (χ4v) is 4.63. The summed E-state index contributed by atoms with van der Waals surface area (Å²) in [4.78, 5) is 33.5. The van der Waals surface area contributed by atoms with Crippen molar-refractivity contribution in [3.8, 4) is 0 Å². The van der Waals surface area contributed by atoms with Crippen molar-refractivity contribution < 1.29 is 9.59 Å². The van der Waals surface area contributed by atoms with Gasteiger partial charge < -0.3 is 21.3 Å². The molecular weight excluding hydrogens is 418 g/mol. The van der Waals surface area contributed by atoms with E-state index in [2.05, 4.69) is 15.6 Å². The van der Waals surface area contributed by atoms with E-state index in [4.69, 9.17) is 5.73 Å². The molecule has 0 aliphatic carbocycles. The fraction of sp³-hybridized carbons (Fsp3) is 0.190. The van der Waals surface area contributed by atoms with E-state index in [1.54, 1.807) is 28.8 Å². The highest BCUT2D eigenvalue weighted by Crippen LogP contribution is 2.27. The maximum Gasteiger partial charge on any atom is 0.322 e. The summed E-state index contributed by atoms with van der Waals surface area (Å²) in [6.45, 7) is 0.985. The van der Waals surface area contributed by atoms with Crippen molar-refractivity contribution in [3.63, 3.8) is 0 Å². The molecular formula is C21H21N5O2S2. The van der Waals surface area contributed by atoms with Gasteiger partial charge in [-0.2, -0.15) is 0 Å². The summed E-state index contributed by atoms with van der Waals surface area (Å²) in [6, 6.07) is 14.7. The molecule has 0 saturated carbocycles. The number of fused-ring (bicyclic) bond motifs is 1. The summed E-state index contributed by atoms with van der Waals surface area (Å²) in [5.74, 6) is -0.294. The number of thioether (sulfide) groups is 1. The third-order valence-corrected chi connectivity index (χ3v) is 6.55. The molecule has 0 spiro atoms. The van der Waals surface area contributed by atoms with Gasteiger partial charge in [-0.15, -0.1) is 23.1 Å². The first-order chi connectivity index (χ1) is 14.5. The number of anilines is 3. The molecule has 0 saturated heterocycles. The molecule has 0 radical (unpaired) electrons. The number of para-hydroxylation sites is 2. The van der Waals surface area contributed by atoms with Crippen molar-refractivity contribution in [1.29, 1.82) is 0 Å². The van der Waals surface area contributed by atoms with Crippen LogP contribution in [-0.2, 0) is 13.0 Å². The molecule has 4 N–H and O–H groups in total. The second-order valence-electron chi connectivity index (χ2n) is 6.76. The lowest BCUT2D eigenvalue weighted by Crippen LogP contribution is -2.38. The van der Waals surface area contributed by atoms with Crippen molar-refractivity contribution in [3.05, 3.63) is 64.1 Å². The average Bonchev–Trinajstić information content (AvgIpc) is 3.19. The van der Waals surface area contributed by atoms with Crippen molar-refractivity contribution in [2.45, 2.75) is 17.9 Å². The zero-order valence-electron chi connectivity index (χ0n) is 16.3. The SMILES string of the molecule is CSc1cccc(NC(=O)N2CCc3nc(C(=O)Nc4ccccc4N)sc3C2)c1. The molecule has 154 valence electrons. The minimum absolute atomic E-state index is 0.157. The number of hydrogen-bond acceptors (Lipinski definition) is 6.